The number of nitrogens with zero attached hydrogens (tertiary/aromatic N) is 3. The Morgan fingerprint density at radius 3 is 2.50 bits per heavy atom. The van der Waals surface area contributed by atoms with E-state index in [9.17, 15) is 10.1 Å². The largest absolute Gasteiger partial charge is 0.324 e. The van der Waals surface area contributed by atoms with Gasteiger partial charge in [0.15, 0.2) is 0 Å². The second-order valence-corrected chi connectivity index (χ2v) is 8.37. The highest BCUT2D eigenvalue weighted by Gasteiger charge is 2.19. The summed E-state index contributed by atoms with van der Waals surface area (Å²) in [6, 6.07) is 13.4. The lowest BCUT2D eigenvalue weighted by Crippen LogP contribution is -2.16. The van der Waals surface area contributed by atoms with Crippen LogP contribution < -0.4 is 5.32 Å². The fourth-order valence-electron chi connectivity index (χ4n) is 3.29. The highest BCUT2D eigenvalue weighted by molar-refractivity contribution is 6.40. The third-order valence-corrected chi connectivity index (χ3v) is 5.28. The first kappa shape index (κ1) is 21.9. The van der Waals surface area contributed by atoms with Crippen LogP contribution in [0, 0.1) is 17.2 Å². The highest BCUT2D eigenvalue weighted by atomic mass is 35.5. The standard InChI is InChI=1S/C23H22Cl2N4O/c1-14(2)10-15-4-6-16(7-5-15)22-19(24)12-20(18(13-26)23(22)25)27-21(30)11-17-8-9-29(3)28-17/h4-9,12,14H,10-11H2,1-3H3,(H,27,30). The summed E-state index contributed by atoms with van der Waals surface area (Å²) in [4.78, 5) is 12.4. The Bertz CT molecular complexity index is 1110. The van der Waals surface area contributed by atoms with Crippen molar-refractivity contribution in [2.75, 3.05) is 5.32 Å². The Kier molecular flexibility index (Phi) is 6.81. The molecular weight excluding hydrogens is 419 g/mol. The van der Waals surface area contributed by atoms with E-state index in [1.54, 1.807) is 30.1 Å². The van der Waals surface area contributed by atoms with E-state index in [4.69, 9.17) is 23.2 Å². The van der Waals surface area contributed by atoms with E-state index < -0.39 is 0 Å². The van der Waals surface area contributed by atoms with Crippen LogP contribution in [0.3, 0.4) is 0 Å². The Balaban J connectivity index is 1.89. The van der Waals surface area contributed by atoms with Crippen molar-refractivity contribution in [1.29, 1.82) is 5.26 Å². The molecule has 5 nitrogen and oxygen atoms in total. The topological polar surface area (TPSA) is 70.7 Å². The van der Waals surface area contributed by atoms with E-state index in [1.165, 1.54) is 5.56 Å². The summed E-state index contributed by atoms with van der Waals surface area (Å²) in [5.41, 5.74) is 3.71. The average Bonchev–Trinajstić information content (AvgIpc) is 3.07. The molecule has 0 bridgehead atoms. The number of benzene rings is 2. The van der Waals surface area contributed by atoms with Gasteiger partial charge in [-0.15, -0.1) is 0 Å². The van der Waals surface area contributed by atoms with Crippen molar-refractivity contribution in [1.82, 2.24) is 9.78 Å². The van der Waals surface area contributed by atoms with Gasteiger partial charge < -0.3 is 5.32 Å². The number of amides is 1. The number of hydrogen-bond donors (Lipinski definition) is 1. The van der Waals surface area contributed by atoms with Crippen LogP contribution in [0.25, 0.3) is 11.1 Å². The Morgan fingerprint density at radius 2 is 1.93 bits per heavy atom. The molecule has 0 aliphatic carbocycles. The maximum atomic E-state index is 12.4. The molecule has 1 N–H and O–H groups in total. The molecule has 0 aliphatic rings. The summed E-state index contributed by atoms with van der Waals surface area (Å²) in [5, 5.41) is 17.2. The quantitative estimate of drug-likeness (QED) is 0.538. The van der Waals surface area contributed by atoms with Gasteiger partial charge >= 0.3 is 0 Å². The number of aromatic nitrogens is 2. The predicted octanol–water partition coefficient (Wildman–Crippen LogP) is 5.65. The molecule has 7 heteroatoms. The maximum absolute atomic E-state index is 12.4. The first-order chi connectivity index (χ1) is 14.3. The number of anilines is 1. The van der Waals surface area contributed by atoms with Crippen LogP contribution in [0.2, 0.25) is 10.0 Å². The van der Waals surface area contributed by atoms with Gasteiger partial charge in [-0.1, -0.05) is 61.3 Å². The zero-order valence-electron chi connectivity index (χ0n) is 17.0. The van der Waals surface area contributed by atoms with Crippen LogP contribution >= 0.6 is 23.2 Å². The first-order valence-electron chi connectivity index (χ1n) is 9.58. The molecule has 1 heterocycles. The van der Waals surface area contributed by atoms with E-state index in [0.29, 0.717) is 22.2 Å². The summed E-state index contributed by atoms with van der Waals surface area (Å²) in [6.45, 7) is 4.34. The zero-order chi connectivity index (χ0) is 21.8. The molecule has 0 spiro atoms. The van der Waals surface area contributed by atoms with Gasteiger partial charge in [-0.25, -0.2) is 0 Å². The molecular formula is C23H22Cl2N4O. The molecule has 3 aromatic rings. The van der Waals surface area contributed by atoms with Gasteiger partial charge in [-0.3, -0.25) is 9.48 Å². The minimum absolute atomic E-state index is 0.0833. The Labute approximate surface area is 186 Å². The number of carbonyl (C=O) groups excluding carboxylic acids is 1. The molecule has 0 radical (unpaired) electrons. The van der Waals surface area contributed by atoms with Crippen molar-refractivity contribution < 1.29 is 4.79 Å². The molecule has 3 rings (SSSR count). The van der Waals surface area contributed by atoms with Gasteiger partial charge in [0.1, 0.15) is 6.07 Å². The number of rotatable bonds is 6. The molecule has 0 saturated heterocycles. The number of hydrogen-bond acceptors (Lipinski definition) is 3. The lowest BCUT2D eigenvalue weighted by atomic mass is 9.97. The molecule has 1 amide bonds. The Morgan fingerprint density at radius 1 is 1.23 bits per heavy atom. The van der Waals surface area contributed by atoms with E-state index >= 15 is 0 Å². The van der Waals surface area contributed by atoms with Crippen molar-refractivity contribution in [2.45, 2.75) is 26.7 Å². The molecule has 0 unspecified atom stereocenters. The van der Waals surface area contributed by atoms with Gasteiger partial charge in [-0.2, -0.15) is 10.4 Å². The SMILES string of the molecule is CC(C)Cc1ccc(-c2c(Cl)cc(NC(=O)Cc3ccn(C)n3)c(C#N)c2Cl)cc1. The van der Waals surface area contributed by atoms with Gasteiger partial charge in [-0.05, 0) is 35.6 Å². The summed E-state index contributed by atoms with van der Waals surface area (Å²) in [6.07, 6.45) is 2.82. The van der Waals surface area contributed by atoms with E-state index in [0.717, 1.165) is 12.0 Å². The van der Waals surface area contributed by atoms with Crippen molar-refractivity contribution in [3.8, 4) is 17.2 Å². The van der Waals surface area contributed by atoms with Gasteiger partial charge in [0.25, 0.3) is 0 Å². The highest BCUT2D eigenvalue weighted by Crippen LogP contribution is 2.40. The number of halogens is 2. The monoisotopic (exact) mass is 440 g/mol. The van der Waals surface area contributed by atoms with Crippen LogP contribution in [-0.2, 0) is 24.7 Å². The lowest BCUT2D eigenvalue weighted by Gasteiger charge is -2.14. The molecule has 0 atom stereocenters. The molecule has 30 heavy (non-hydrogen) atoms. The van der Waals surface area contributed by atoms with Crippen molar-refractivity contribution in [3.63, 3.8) is 0 Å². The second-order valence-electron chi connectivity index (χ2n) is 7.58. The van der Waals surface area contributed by atoms with Gasteiger partial charge in [0.2, 0.25) is 5.91 Å². The van der Waals surface area contributed by atoms with E-state index in [1.807, 2.05) is 24.3 Å². The summed E-state index contributed by atoms with van der Waals surface area (Å²) in [7, 11) is 1.78. The minimum atomic E-state index is -0.303. The van der Waals surface area contributed by atoms with E-state index in [-0.39, 0.29) is 28.6 Å². The van der Waals surface area contributed by atoms with Crippen LogP contribution in [0.4, 0.5) is 5.69 Å². The average molecular weight is 441 g/mol. The summed E-state index contributed by atoms with van der Waals surface area (Å²) in [5.74, 6) is 0.255. The first-order valence-corrected chi connectivity index (χ1v) is 10.3. The molecule has 0 saturated carbocycles. The summed E-state index contributed by atoms with van der Waals surface area (Å²) >= 11 is 13.1. The van der Waals surface area contributed by atoms with Crippen LogP contribution in [0.15, 0.2) is 42.6 Å². The number of nitrogens with one attached hydrogen (secondary N) is 1. The van der Waals surface area contributed by atoms with Gasteiger partial charge in [0, 0.05) is 18.8 Å². The van der Waals surface area contributed by atoms with Crippen molar-refractivity contribution in [3.05, 3.63) is 69.5 Å². The minimum Gasteiger partial charge on any atom is -0.324 e. The van der Waals surface area contributed by atoms with Crippen LogP contribution in [0.5, 0.6) is 0 Å². The maximum Gasteiger partial charge on any atom is 0.230 e. The van der Waals surface area contributed by atoms with Crippen LogP contribution in [0.1, 0.15) is 30.7 Å². The second kappa shape index (κ2) is 9.34. The smallest absolute Gasteiger partial charge is 0.230 e. The summed E-state index contributed by atoms with van der Waals surface area (Å²) < 4.78 is 1.62. The van der Waals surface area contributed by atoms with Crippen molar-refractivity contribution >= 4 is 34.8 Å². The third kappa shape index (κ3) is 5.02. The molecule has 1 aromatic heterocycles. The molecule has 2 aromatic carbocycles. The normalized spacial score (nSPS) is 10.8. The number of aryl methyl sites for hydroxylation is 1. The fraction of sp³-hybridized carbons (Fsp3) is 0.261. The molecule has 0 aliphatic heterocycles. The Hall–Kier alpha value is -2.81. The van der Waals surface area contributed by atoms with E-state index in [2.05, 4.69) is 30.3 Å². The predicted molar refractivity (Wildman–Crippen MR) is 121 cm³/mol. The van der Waals surface area contributed by atoms with Crippen LogP contribution in [-0.4, -0.2) is 15.7 Å². The fourth-order valence-corrected chi connectivity index (χ4v) is 4.00. The lowest BCUT2D eigenvalue weighted by molar-refractivity contribution is -0.115. The number of nitriles is 1. The molecule has 154 valence electrons. The van der Waals surface area contributed by atoms with Gasteiger partial charge in [0.05, 0.1) is 33.4 Å². The number of carbonyl (C=O) groups is 1. The molecule has 0 fully saturated rings. The van der Waals surface area contributed by atoms with Crippen molar-refractivity contribution in [2.24, 2.45) is 13.0 Å². The zero-order valence-corrected chi connectivity index (χ0v) is 18.6. The third-order valence-electron chi connectivity index (χ3n) is 4.60.